The zero-order valence-electron chi connectivity index (χ0n) is 22.2. The first-order valence-electron chi connectivity index (χ1n) is 12.5. The van der Waals surface area contributed by atoms with E-state index >= 15 is 0 Å². The van der Waals surface area contributed by atoms with Gasteiger partial charge in [-0.15, -0.1) is 0 Å². The molecule has 1 amide bonds. The number of aromatic nitrogens is 2. The van der Waals surface area contributed by atoms with Crippen LogP contribution >= 0.6 is 11.6 Å². The topological polar surface area (TPSA) is 73.2 Å². The first-order valence-corrected chi connectivity index (χ1v) is 15.3. The number of carbonyl (C=O) groups is 1. The summed E-state index contributed by atoms with van der Waals surface area (Å²) in [5.41, 5.74) is 2.22. The van der Waals surface area contributed by atoms with Gasteiger partial charge in [0.25, 0.3) is 0 Å². The quantitative estimate of drug-likeness (QED) is 0.235. The third-order valence-corrected chi connectivity index (χ3v) is 9.51. The molecule has 0 saturated carbocycles. The molecule has 1 aromatic heterocycles. The van der Waals surface area contributed by atoms with Gasteiger partial charge in [0.15, 0.2) is 11.4 Å². The van der Waals surface area contributed by atoms with Gasteiger partial charge in [-0.05, 0) is 75.1 Å². The monoisotopic (exact) mass is 557 g/mol. The molecule has 0 aliphatic heterocycles. The molecular weight excluding hydrogens is 525 g/mol. The fraction of sp³-hybridized carbons (Fsp3) is 0.310. The molecule has 0 aliphatic rings. The molecule has 0 spiro atoms. The Morgan fingerprint density at radius 3 is 2.45 bits per heavy atom. The summed E-state index contributed by atoms with van der Waals surface area (Å²) < 4.78 is 34.7. The maximum atomic E-state index is 14.0. The minimum absolute atomic E-state index is 0.0332. The number of amides is 1. The smallest absolute Gasteiger partial charge is 0.228 e. The second-order valence-electron chi connectivity index (χ2n) is 9.88. The third kappa shape index (κ3) is 5.92. The number of rotatable bonds is 9. The first-order chi connectivity index (χ1) is 17.9. The van der Waals surface area contributed by atoms with E-state index in [0.717, 1.165) is 16.0 Å². The number of halogens is 2. The molecule has 3 aromatic carbocycles. The molecule has 1 heterocycles. The predicted octanol–water partition coefficient (Wildman–Crippen LogP) is 6.37. The summed E-state index contributed by atoms with van der Waals surface area (Å²) >= 11 is 5.81. The highest BCUT2D eigenvalue weighted by atomic mass is 35.5. The molecule has 202 valence electrons. The van der Waals surface area contributed by atoms with Crippen molar-refractivity contribution in [3.05, 3.63) is 82.9 Å². The van der Waals surface area contributed by atoms with E-state index in [-0.39, 0.29) is 17.4 Å². The lowest BCUT2D eigenvalue weighted by Crippen LogP contribution is -2.29. The van der Waals surface area contributed by atoms with Crippen LogP contribution in [0, 0.1) is 5.82 Å². The average Bonchev–Trinajstić information content (AvgIpc) is 3.25. The number of anilines is 1. The van der Waals surface area contributed by atoms with Crippen LogP contribution in [0.25, 0.3) is 11.0 Å². The molecule has 1 N–H and O–H groups in total. The maximum Gasteiger partial charge on any atom is 0.228 e. The lowest BCUT2D eigenvalue weighted by molar-refractivity contribution is -0.115. The summed E-state index contributed by atoms with van der Waals surface area (Å²) in [7, 11) is -2.34. The summed E-state index contributed by atoms with van der Waals surface area (Å²) in [5, 5.41) is 2.98. The molecule has 0 radical (unpaired) electrons. The number of thiol groups is 1. The largest absolute Gasteiger partial charge is 0.480 e. The first kappa shape index (κ1) is 27.8. The number of hydrogen-bond acceptors (Lipinski definition) is 4. The van der Waals surface area contributed by atoms with Gasteiger partial charge >= 0.3 is 0 Å². The molecule has 9 heteroatoms. The molecule has 0 fully saturated rings. The van der Waals surface area contributed by atoms with Gasteiger partial charge in [0.05, 0.1) is 22.5 Å². The van der Waals surface area contributed by atoms with Crippen LogP contribution in [-0.2, 0) is 33.3 Å². The fourth-order valence-corrected chi connectivity index (χ4v) is 5.63. The molecule has 4 rings (SSSR count). The van der Waals surface area contributed by atoms with E-state index in [1.807, 2.05) is 74.7 Å². The summed E-state index contributed by atoms with van der Waals surface area (Å²) in [6.45, 7) is 8.33. The van der Waals surface area contributed by atoms with Crippen LogP contribution in [0.4, 0.5) is 10.1 Å². The zero-order chi connectivity index (χ0) is 27.7. The van der Waals surface area contributed by atoms with Gasteiger partial charge in [0.2, 0.25) is 5.91 Å². The highest BCUT2D eigenvalue weighted by Crippen LogP contribution is 2.32. The molecule has 0 aliphatic carbocycles. The van der Waals surface area contributed by atoms with Crippen molar-refractivity contribution in [2.75, 3.05) is 17.3 Å². The Hall–Kier alpha value is -3.23. The minimum atomic E-state index is -2.34. The van der Waals surface area contributed by atoms with Crippen molar-refractivity contribution in [3.63, 3.8) is 0 Å². The second-order valence-corrected chi connectivity index (χ2v) is 13.6. The number of aryl methyl sites for hydroxylation is 1. The van der Waals surface area contributed by atoms with E-state index in [1.54, 1.807) is 12.3 Å². The summed E-state index contributed by atoms with van der Waals surface area (Å²) in [4.78, 5) is 18.4. The number of benzene rings is 3. The number of hydrogen-bond donors (Lipinski definition) is 2. The molecule has 0 unspecified atom stereocenters. The lowest BCUT2D eigenvalue weighted by Gasteiger charge is -2.26. The number of ether oxygens (including phenoxy) is 1. The zero-order valence-corrected chi connectivity index (χ0v) is 23.9. The van der Waals surface area contributed by atoms with Crippen LogP contribution < -0.4 is 10.1 Å². The molecule has 0 atom stereocenters. The lowest BCUT2D eigenvalue weighted by atomic mass is 10.1. The number of nitrogens with one attached hydrogen (secondary N) is 1. The van der Waals surface area contributed by atoms with Crippen molar-refractivity contribution in [1.29, 1.82) is 0 Å². The Labute approximate surface area is 228 Å². The van der Waals surface area contributed by atoms with Gasteiger partial charge in [0.1, 0.15) is 11.6 Å². The van der Waals surface area contributed by atoms with Gasteiger partial charge < -0.3 is 14.6 Å². The van der Waals surface area contributed by atoms with Gasteiger partial charge in [-0.2, -0.15) is 0 Å². The van der Waals surface area contributed by atoms with Crippen LogP contribution in [0.2, 0.25) is 5.02 Å². The maximum absolute atomic E-state index is 14.0. The third-order valence-electron chi connectivity index (χ3n) is 6.60. The normalized spacial score (nSPS) is 12.5. The Kier molecular flexibility index (Phi) is 7.95. The van der Waals surface area contributed by atoms with E-state index in [4.69, 9.17) is 21.3 Å². The van der Waals surface area contributed by atoms with E-state index in [9.17, 15) is 13.4 Å². The molecule has 38 heavy (non-hydrogen) atoms. The van der Waals surface area contributed by atoms with Gasteiger partial charge in [-0.25, -0.2) is 9.37 Å². The van der Waals surface area contributed by atoms with E-state index in [2.05, 4.69) is 5.32 Å². The number of imidazole rings is 1. The van der Waals surface area contributed by atoms with Crippen LogP contribution in [0.15, 0.2) is 65.6 Å². The van der Waals surface area contributed by atoms with Gasteiger partial charge in [-0.1, -0.05) is 40.6 Å². The second kappa shape index (κ2) is 10.9. The fourth-order valence-electron chi connectivity index (χ4n) is 4.37. The number of fused-ring (bicyclic) bond motifs is 1. The molecule has 0 saturated heterocycles. The van der Waals surface area contributed by atoms with Crippen LogP contribution in [0.3, 0.4) is 0 Å². The Morgan fingerprint density at radius 2 is 1.82 bits per heavy atom. The summed E-state index contributed by atoms with van der Waals surface area (Å²) in [5.74, 6) is 0.925. The molecule has 0 bridgehead atoms. The highest BCUT2D eigenvalue weighted by molar-refractivity contribution is 8.02. The SMILES string of the molecule is CCn1c(C(C)(C)Oc2ccc(Cl)c(F)c2)nc2cc(NC(=O)Cc3ccc([SH](C)(=O)CC)cc3)ccc21. The number of nitrogens with zero attached hydrogens (tertiary/aromatic N) is 2. The van der Waals surface area contributed by atoms with Crippen LogP contribution in [-0.4, -0.2) is 31.7 Å². The van der Waals surface area contributed by atoms with Crippen molar-refractivity contribution in [2.45, 2.75) is 51.2 Å². The van der Waals surface area contributed by atoms with Crippen molar-refractivity contribution in [1.82, 2.24) is 9.55 Å². The average molecular weight is 558 g/mol. The number of carbonyl (C=O) groups excluding carboxylic acids is 1. The van der Waals surface area contributed by atoms with E-state index < -0.39 is 21.4 Å². The van der Waals surface area contributed by atoms with Gasteiger partial charge in [0, 0.05) is 28.9 Å². The Morgan fingerprint density at radius 1 is 1.11 bits per heavy atom. The van der Waals surface area contributed by atoms with Crippen molar-refractivity contribution >= 4 is 44.2 Å². The van der Waals surface area contributed by atoms with Gasteiger partial charge in [-0.3, -0.25) is 9.00 Å². The standard InChI is InChI=1S/C29H33ClFN3O3S/c1-6-34-26-15-10-20(32-27(35)16-19-8-12-22(13-9-19)38(5,36)7-2)17-25(26)33-28(34)29(3,4)37-21-11-14-23(30)24(31)18-21/h8-15,17-18,38H,6-7,16H2,1-5H3,(H,32,35). The highest BCUT2D eigenvalue weighted by Gasteiger charge is 2.30. The summed E-state index contributed by atoms with van der Waals surface area (Å²) in [6, 6.07) is 17.3. The molecule has 4 aromatic rings. The minimum Gasteiger partial charge on any atom is -0.480 e. The van der Waals surface area contributed by atoms with Crippen LogP contribution in [0.5, 0.6) is 5.75 Å². The predicted molar refractivity (Wildman–Crippen MR) is 154 cm³/mol. The van der Waals surface area contributed by atoms with E-state index in [0.29, 0.717) is 35.1 Å². The Balaban J connectivity index is 1.53. The Bertz CT molecular complexity index is 1530. The van der Waals surface area contributed by atoms with Crippen LogP contribution in [0.1, 0.15) is 39.1 Å². The van der Waals surface area contributed by atoms with Crippen molar-refractivity contribution in [2.24, 2.45) is 0 Å². The molecular formula is C29H33ClFN3O3S. The summed E-state index contributed by atoms with van der Waals surface area (Å²) in [6.07, 6.45) is 1.98. The van der Waals surface area contributed by atoms with Crippen molar-refractivity contribution in [3.8, 4) is 5.75 Å². The van der Waals surface area contributed by atoms with E-state index in [1.165, 1.54) is 12.1 Å². The molecule has 6 nitrogen and oxygen atoms in total. The van der Waals surface area contributed by atoms with Crippen molar-refractivity contribution < 1.29 is 18.1 Å².